The van der Waals surface area contributed by atoms with Crippen LogP contribution in [0.25, 0.3) is 0 Å². The number of Topliss-reactive ketones (excluding diaryl/α,β-unsaturated/α-hetero) is 1. The molecule has 2 rings (SSSR count). The van der Waals surface area contributed by atoms with Crippen LogP contribution >= 0.6 is 0 Å². The highest BCUT2D eigenvalue weighted by Crippen LogP contribution is 2.44. The Bertz CT molecular complexity index is 449. The molecule has 4 nitrogen and oxygen atoms in total. The van der Waals surface area contributed by atoms with Crippen LogP contribution in [0.1, 0.15) is 24.2 Å². The van der Waals surface area contributed by atoms with Gasteiger partial charge in [0, 0.05) is 0 Å². The van der Waals surface area contributed by atoms with Crippen molar-refractivity contribution in [2.24, 2.45) is 0 Å². The Morgan fingerprint density at radius 2 is 1.88 bits per heavy atom. The summed E-state index contributed by atoms with van der Waals surface area (Å²) in [6.07, 6.45) is 0. The Labute approximate surface area is 94.1 Å². The maximum atomic E-state index is 12.1. The molecule has 1 aromatic rings. The summed E-state index contributed by atoms with van der Waals surface area (Å²) in [4.78, 5) is 12.1. The number of rotatable bonds is 2. The molecule has 0 aliphatic carbocycles. The van der Waals surface area contributed by atoms with Gasteiger partial charge in [0.1, 0.15) is 11.3 Å². The second-order valence-corrected chi connectivity index (χ2v) is 4.12. The lowest BCUT2D eigenvalue weighted by molar-refractivity contribution is 0.0683. The van der Waals surface area contributed by atoms with Gasteiger partial charge in [-0.25, -0.2) is 0 Å². The molecule has 0 unspecified atom stereocenters. The van der Waals surface area contributed by atoms with Crippen LogP contribution < -0.4 is 14.2 Å². The highest BCUT2D eigenvalue weighted by molar-refractivity contribution is 6.09. The van der Waals surface area contributed by atoms with E-state index in [-0.39, 0.29) is 5.78 Å². The van der Waals surface area contributed by atoms with Gasteiger partial charge in [0.15, 0.2) is 17.1 Å². The second kappa shape index (κ2) is 3.40. The smallest absolute Gasteiger partial charge is 0.213 e. The van der Waals surface area contributed by atoms with Crippen molar-refractivity contribution in [3.63, 3.8) is 0 Å². The molecule has 0 amide bonds. The van der Waals surface area contributed by atoms with Crippen LogP contribution in [-0.2, 0) is 0 Å². The van der Waals surface area contributed by atoms with Gasteiger partial charge in [-0.2, -0.15) is 0 Å². The zero-order chi connectivity index (χ0) is 11.9. The summed E-state index contributed by atoms with van der Waals surface area (Å²) in [5, 5.41) is 0. The lowest BCUT2D eigenvalue weighted by Crippen LogP contribution is -2.32. The first-order chi connectivity index (χ1) is 7.51. The first-order valence-corrected chi connectivity index (χ1v) is 5.00. The van der Waals surface area contributed by atoms with Gasteiger partial charge in [0.25, 0.3) is 0 Å². The van der Waals surface area contributed by atoms with E-state index >= 15 is 0 Å². The molecule has 0 saturated heterocycles. The molecular formula is C12H14O4. The third-order valence-electron chi connectivity index (χ3n) is 2.65. The third-order valence-corrected chi connectivity index (χ3v) is 2.65. The molecular weight excluding hydrogens is 208 g/mol. The zero-order valence-corrected chi connectivity index (χ0v) is 9.79. The molecule has 1 heterocycles. The van der Waals surface area contributed by atoms with E-state index in [2.05, 4.69) is 0 Å². The van der Waals surface area contributed by atoms with Crippen LogP contribution in [0.5, 0.6) is 17.2 Å². The number of fused-ring (bicyclic) bond motifs is 1. The average Bonchev–Trinajstić information content (AvgIpc) is 2.48. The maximum absolute atomic E-state index is 12.1. The van der Waals surface area contributed by atoms with Crippen molar-refractivity contribution in [3.05, 3.63) is 17.7 Å². The number of carbonyl (C=O) groups excluding carboxylic acids is 1. The van der Waals surface area contributed by atoms with Crippen LogP contribution in [0.15, 0.2) is 12.1 Å². The first-order valence-electron chi connectivity index (χ1n) is 5.00. The predicted molar refractivity (Wildman–Crippen MR) is 58.6 cm³/mol. The molecule has 0 fully saturated rings. The standard InChI is InChI=1S/C12H14O4/c1-12(2)11(13)9-7(16-12)5-6-8(14-3)10(9)15-4/h5-6H,1-4H3. The highest BCUT2D eigenvalue weighted by atomic mass is 16.5. The van der Waals surface area contributed by atoms with E-state index in [4.69, 9.17) is 14.2 Å². The summed E-state index contributed by atoms with van der Waals surface area (Å²) < 4.78 is 15.9. The largest absolute Gasteiger partial charge is 0.493 e. The van der Waals surface area contributed by atoms with Crippen molar-refractivity contribution in [2.45, 2.75) is 19.4 Å². The van der Waals surface area contributed by atoms with Crippen LogP contribution in [0, 0.1) is 0 Å². The fraction of sp³-hybridized carbons (Fsp3) is 0.417. The van der Waals surface area contributed by atoms with Crippen LogP contribution in [-0.4, -0.2) is 25.6 Å². The summed E-state index contributed by atoms with van der Waals surface area (Å²) in [7, 11) is 3.05. The Morgan fingerprint density at radius 3 is 2.44 bits per heavy atom. The van der Waals surface area contributed by atoms with Crippen LogP contribution in [0.4, 0.5) is 0 Å². The van der Waals surface area contributed by atoms with Gasteiger partial charge in [-0.1, -0.05) is 0 Å². The molecule has 1 aromatic carbocycles. The summed E-state index contributed by atoms with van der Waals surface area (Å²) in [5.41, 5.74) is -0.367. The van der Waals surface area contributed by atoms with Crippen LogP contribution in [0.3, 0.4) is 0 Å². The number of hydrogen-bond donors (Lipinski definition) is 0. The minimum absolute atomic E-state index is 0.0850. The van der Waals surface area contributed by atoms with Crippen molar-refractivity contribution in [1.29, 1.82) is 0 Å². The molecule has 4 heteroatoms. The first kappa shape index (κ1) is 10.8. The summed E-state index contributed by atoms with van der Waals surface area (Å²) in [5.74, 6) is 1.44. The number of ether oxygens (including phenoxy) is 3. The number of benzene rings is 1. The van der Waals surface area contributed by atoms with Crippen molar-refractivity contribution in [2.75, 3.05) is 14.2 Å². The fourth-order valence-corrected chi connectivity index (χ4v) is 1.83. The lowest BCUT2D eigenvalue weighted by atomic mass is 9.99. The van der Waals surface area contributed by atoms with Crippen molar-refractivity contribution < 1.29 is 19.0 Å². The molecule has 0 spiro atoms. The van der Waals surface area contributed by atoms with Crippen molar-refractivity contribution in [1.82, 2.24) is 0 Å². The average molecular weight is 222 g/mol. The van der Waals surface area contributed by atoms with E-state index in [1.807, 2.05) is 0 Å². The molecule has 0 N–H and O–H groups in total. The SMILES string of the molecule is COc1ccc2c(c1OC)C(=O)C(C)(C)O2. The topological polar surface area (TPSA) is 44.8 Å². The van der Waals surface area contributed by atoms with Gasteiger partial charge in [0.05, 0.1) is 14.2 Å². The quantitative estimate of drug-likeness (QED) is 0.768. The molecule has 0 saturated carbocycles. The normalized spacial score (nSPS) is 16.6. The zero-order valence-electron chi connectivity index (χ0n) is 9.79. The van der Waals surface area contributed by atoms with Crippen LogP contribution in [0.2, 0.25) is 0 Å². The molecule has 16 heavy (non-hydrogen) atoms. The number of ketones is 1. The Balaban J connectivity index is 2.64. The van der Waals surface area contributed by atoms with E-state index in [0.717, 1.165) is 0 Å². The molecule has 1 aliphatic rings. The minimum atomic E-state index is -0.831. The number of methoxy groups -OCH3 is 2. The fourth-order valence-electron chi connectivity index (χ4n) is 1.83. The molecule has 0 bridgehead atoms. The maximum Gasteiger partial charge on any atom is 0.213 e. The Kier molecular flexibility index (Phi) is 2.30. The Hall–Kier alpha value is -1.71. The second-order valence-electron chi connectivity index (χ2n) is 4.12. The van der Waals surface area contributed by atoms with E-state index in [1.54, 1.807) is 26.0 Å². The van der Waals surface area contributed by atoms with E-state index in [0.29, 0.717) is 22.8 Å². The Morgan fingerprint density at radius 1 is 1.19 bits per heavy atom. The van der Waals surface area contributed by atoms with Gasteiger partial charge in [-0.05, 0) is 26.0 Å². The predicted octanol–water partition coefficient (Wildman–Crippen LogP) is 2.06. The monoisotopic (exact) mass is 222 g/mol. The summed E-state index contributed by atoms with van der Waals surface area (Å²) in [6.45, 7) is 3.47. The van der Waals surface area contributed by atoms with Gasteiger partial charge in [-0.3, -0.25) is 4.79 Å². The lowest BCUT2D eigenvalue weighted by Gasteiger charge is -2.14. The number of carbonyl (C=O) groups is 1. The molecule has 0 atom stereocenters. The molecule has 0 aromatic heterocycles. The van der Waals surface area contributed by atoms with Gasteiger partial charge >= 0.3 is 0 Å². The summed E-state index contributed by atoms with van der Waals surface area (Å²) >= 11 is 0. The van der Waals surface area contributed by atoms with Crippen molar-refractivity contribution in [3.8, 4) is 17.2 Å². The van der Waals surface area contributed by atoms with E-state index in [9.17, 15) is 4.79 Å². The molecule has 86 valence electrons. The van der Waals surface area contributed by atoms with Gasteiger partial charge in [-0.15, -0.1) is 0 Å². The van der Waals surface area contributed by atoms with Crippen molar-refractivity contribution >= 4 is 5.78 Å². The van der Waals surface area contributed by atoms with E-state index in [1.165, 1.54) is 14.2 Å². The van der Waals surface area contributed by atoms with Gasteiger partial charge in [0.2, 0.25) is 5.78 Å². The molecule has 0 radical (unpaired) electrons. The van der Waals surface area contributed by atoms with Gasteiger partial charge < -0.3 is 14.2 Å². The summed E-state index contributed by atoms with van der Waals surface area (Å²) in [6, 6.07) is 3.45. The third kappa shape index (κ3) is 1.33. The number of hydrogen-bond acceptors (Lipinski definition) is 4. The minimum Gasteiger partial charge on any atom is -0.493 e. The molecule has 1 aliphatic heterocycles. The van der Waals surface area contributed by atoms with E-state index < -0.39 is 5.60 Å². The highest BCUT2D eigenvalue weighted by Gasteiger charge is 2.42.